The average Bonchev–Trinajstić information content (AvgIpc) is 2.79. The van der Waals surface area contributed by atoms with Gasteiger partial charge in [-0.25, -0.2) is 0 Å². The minimum absolute atomic E-state index is 0.124. The average molecular weight is 412 g/mol. The zero-order valence-corrected chi connectivity index (χ0v) is 17.7. The summed E-state index contributed by atoms with van der Waals surface area (Å²) in [5.41, 5.74) is 2.25. The van der Waals surface area contributed by atoms with Gasteiger partial charge in [-0.1, -0.05) is 12.1 Å². The van der Waals surface area contributed by atoms with Crippen molar-refractivity contribution in [2.45, 2.75) is 25.9 Å². The first kappa shape index (κ1) is 21.6. The standard InChI is InChI=1S/C23H28N2O5/c1-28-15-16-7-9-17(10-8-16)22(26)24-19-14-21(30-3)20(29-2)13-18(19)23(27)25-11-5-4-6-12-25/h7-10,13-14H,4-6,11-12,15H2,1-3H3,(H,24,26). The molecule has 0 aromatic heterocycles. The molecule has 0 radical (unpaired) electrons. The van der Waals surface area contributed by atoms with Crippen LogP contribution < -0.4 is 14.8 Å². The fourth-order valence-corrected chi connectivity index (χ4v) is 3.54. The molecule has 160 valence electrons. The van der Waals surface area contributed by atoms with Crippen LogP contribution in [0.15, 0.2) is 36.4 Å². The van der Waals surface area contributed by atoms with Crippen LogP contribution in [0.3, 0.4) is 0 Å². The second kappa shape index (κ2) is 10.1. The number of carbonyl (C=O) groups excluding carboxylic acids is 2. The highest BCUT2D eigenvalue weighted by molar-refractivity contribution is 6.09. The van der Waals surface area contributed by atoms with Crippen LogP contribution in [-0.4, -0.2) is 51.1 Å². The van der Waals surface area contributed by atoms with Gasteiger partial charge >= 0.3 is 0 Å². The summed E-state index contributed by atoms with van der Waals surface area (Å²) in [4.78, 5) is 27.9. The molecule has 0 atom stereocenters. The molecule has 0 spiro atoms. The van der Waals surface area contributed by atoms with Crippen molar-refractivity contribution in [1.82, 2.24) is 4.90 Å². The summed E-state index contributed by atoms with van der Waals surface area (Å²) in [6.45, 7) is 1.90. The van der Waals surface area contributed by atoms with E-state index in [9.17, 15) is 9.59 Å². The van der Waals surface area contributed by atoms with Gasteiger partial charge in [0.05, 0.1) is 32.1 Å². The van der Waals surface area contributed by atoms with Crippen molar-refractivity contribution in [3.05, 3.63) is 53.1 Å². The molecule has 1 aliphatic rings. The maximum Gasteiger partial charge on any atom is 0.256 e. The Hall–Kier alpha value is -3.06. The van der Waals surface area contributed by atoms with E-state index in [0.29, 0.717) is 48.0 Å². The molecule has 1 N–H and O–H groups in total. The number of amides is 2. The number of hydrogen-bond donors (Lipinski definition) is 1. The smallest absolute Gasteiger partial charge is 0.256 e. The lowest BCUT2D eigenvalue weighted by atomic mass is 10.1. The summed E-state index contributed by atoms with van der Waals surface area (Å²) in [5.74, 6) is 0.457. The summed E-state index contributed by atoms with van der Waals surface area (Å²) in [5, 5.41) is 2.87. The van der Waals surface area contributed by atoms with Crippen molar-refractivity contribution in [3.63, 3.8) is 0 Å². The second-order valence-electron chi connectivity index (χ2n) is 7.19. The normalized spacial score (nSPS) is 13.6. The molecular formula is C23H28N2O5. The predicted octanol–water partition coefficient (Wildman–Crippen LogP) is 3.73. The molecule has 7 heteroatoms. The number of benzene rings is 2. The molecule has 2 amide bonds. The predicted molar refractivity (Wildman–Crippen MR) is 114 cm³/mol. The quantitative estimate of drug-likeness (QED) is 0.750. The number of methoxy groups -OCH3 is 3. The molecule has 1 aliphatic heterocycles. The SMILES string of the molecule is COCc1ccc(C(=O)Nc2cc(OC)c(OC)cc2C(=O)N2CCCCC2)cc1. The number of anilines is 1. The van der Waals surface area contributed by atoms with Crippen LogP contribution in [0.2, 0.25) is 0 Å². The Morgan fingerprint density at radius 1 is 0.933 bits per heavy atom. The van der Waals surface area contributed by atoms with Gasteiger partial charge in [0.15, 0.2) is 11.5 Å². The molecule has 1 heterocycles. The van der Waals surface area contributed by atoms with Crippen molar-refractivity contribution in [2.24, 2.45) is 0 Å². The minimum Gasteiger partial charge on any atom is -0.493 e. The Balaban J connectivity index is 1.91. The van der Waals surface area contributed by atoms with Crippen LogP contribution in [0.25, 0.3) is 0 Å². The maximum atomic E-state index is 13.2. The van der Waals surface area contributed by atoms with Crippen LogP contribution in [0.5, 0.6) is 11.5 Å². The highest BCUT2D eigenvalue weighted by atomic mass is 16.5. The molecule has 1 saturated heterocycles. The van der Waals surface area contributed by atoms with Crippen LogP contribution in [0.4, 0.5) is 5.69 Å². The van der Waals surface area contributed by atoms with Gasteiger partial charge in [-0.2, -0.15) is 0 Å². The lowest BCUT2D eigenvalue weighted by Gasteiger charge is -2.28. The highest BCUT2D eigenvalue weighted by Crippen LogP contribution is 2.34. The molecule has 1 fully saturated rings. The molecule has 0 bridgehead atoms. The topological polar surface area (TPSA) is 77.1 Å². The van der Waals surface area contributed by atoms with Crippen molar-refractivity contribution in [3.8, 4) is 11.5 Å². The van der Waals surface area contributed by atoms with Crippen molar-refractivity contribution < 1.29 is 23.8 Å². The number of nitrogens with zero attached hydrogens (tertiary/aromatic N) is 1. The zero-order chi connectivity index (χ0) is 21.5. The van der Waals surface area contributed by atoms with Crippen LogP contribution in [0, 0.1) is 0 Å². The third-order valence-corrected chi connectivity index (χ3v) is 5.17. The van der Waals surface area contributed by atoms with Gasteiger partial charge in [-0.05, 0) is 43.0 Å². The number of nitrogens with one attached hydrogen (secondary N) is 1. The first-order valence-electron chi connectivity index (χ1n) is 10.0. The summed E-state index contributed by atoms with van der Waals surface area (Å²) in [6.07, 6.45) is 3.08. The molecule has 0 saturated carbocycles. The third-order valence-electron chi connectivity index (χ3n) is 5.17. The van der Waals surface area contributed by atoms with Crippen molar-refractivity contribution >= 4 is 17.5 Å². The Morgan fingerprint density at radius 2 is 1.57 bits per heavy atom. The van der Waals surface area contributed by atoms with E-state index >= 15 is 0 Å². The summed E-state index contributed by atoms with van der Waals surface area (Å²) in [6, 6.07) is 10.4. The van der Waals surface area contributed by atoms with Gasteiger partial charge in [0.2, 0.25) is 0 Å². The number of likely N-dealkylation sites (tertiary alicyclic amines) is 1. The van der Waals surface area contributed by atoms with Gasteiger partial charge in [0.25, 0.3) is 11.8 Å². The van der Waals surface area contributed by atoms with E-state index in [1.807, 2.05) is 17.0 Å². The molecule has 30 heavy (non-hydrogen) atoms. The molecule has 0 aliphatic carbocycles. The van der Waals surface area contributed by atoms with E-state index in [2.05, 4.69) is 5.32 Å². The van der Waals surface area contributed by atoms with Crippen molar-refractivity contribution in [2.75, 3.05) is 39.7 Å². The monoisotopic (exact) mass is 412 g/mol. The van der Waals surface area contributed by atoms with E-state index in [0.717, 1.165) is 24.8 Å². The zero-order valence-electron chi connectivity index (χ0n) is 17.7. The van der Waals surface area contributed by atoms with Gasteiger partial charge in [-0.3, -0.25) is 9.59 Å². The summed E-state index contributed by atoms with van der Waals surface area (Å²) >= 11 is 0. The first-order chi connectivity index (χ1) is 14.6. The van der Waals surface area contributed by atoms with E-state index in [4.69, 9.17) is 14.2 Å². The third kappa shape index (κ3) is 4.91. The summed E-state index contributed by atoms with van der Waals surface area (Å²) < 4.78 is 15.8. The number of piperidine rings is 1. The first-order valence-corrected chi connectivity index (χ1v) is 10.0. The lowest BCUT2D eigenvalue weighted by molar-refractivity contribution is 0.0725. The van der Waals surface area contributed by atoms with Crippen LogP contribution in [0.1, 0.15) is 45.5 Å². The fourth-order valence-electron chi connectivity index (χ4n) is 3.54. The molecular weight excluding hydrogens is 384 g/mol. The number of carbonyl (C=O) groups is 2. The van der Waals surface area contributed by atoms with Gasteiger partial charge in [0.1, 0.15) is 0 Å². The number of rotatable bonds is 7. The van der Waals surface area contributed by atoms with E-state index < -0.39 is 0 Å². The van der Waals surface area contributed by atoms with E-state index in [-0.39, 0.29) is 11.8 Å². The lowest BCUT2D eigenvalue weighted by Crippen LogP contribution is -2.36. The number of hydrogen-bond acceptors (Lipinski definition) is 5. The summed E-state index contributed by atoms with van der Waals surface area (Å²) in [7, 11) is 4.66. The van der Waals surface area contributed by atoms with Crippen LogP contribution >= 0.6 is 0 Å². The Kier molecular flexibility index (Phi) is 7.30. The molecule has 3 rings (SSSR count). The molecule has 2 aromatic rings. The van der Waals surface area contributed by atoms with Gasteiger partial charge in [0, 0.05) is 31.8 Å². The molecule has 2 aromatic carbocycles. The maximum absolute atomic E-state index is 13.2. The molecule has 0 unspecified atom stereocenters. The van der Waals surface area contributed by atoms with Gasteiger partial charge < -0.3 is 24.4 Å². The molecule has 7 nitrogen and oxygen atoms in total. The van der Waals surface area contributed by atoms with Crippen LogP contribution in [-0.2, 0) is 11.3 Å². The Morgan fingerprint density at radius 3 is 2.17 bits per heavy atom. The number of ether oxygens (including phenoxy) is 3. The second-order valence-corrected chi connectivity index (χ2v) is 7.19. The van der Waals surface area contributed by atoms with E-state index in [1.54, 1.807) is 31.4 Å². The largest absolute Gasteiger partial charge is 0.493 e. The Bertz CT molecular complexity index is 889. The fraction of sp³-hybridized carbons (Fsp3) is 0.391. The minimum atomic E-state index is -0.307. The highest BCUT2D eigenvalue weighted by Gasteiger charge is 2.24. The van der Waals surface area contributed by atoms with E-state index in [1.165, 1.54) is 14.2 Å². The van der Waals surface area contributed by atoms with Crippen molar-refractivity contribution in [1.29, 1.82) is 0 Å². The Labute approximate surface area is 176 Å². The van der Waals surface area contributed by atoms with Gasteiger partial charge in [-0.15, -0.1) is 0 Å².